The lowest BCUT2D eigenvalue weighted by Crippen LogP contribution is -2.28. The van der Waals surface area contributed by atoms with Gasteiger partial charge in [0.05, 0.1) is 0 Å². The van der Waals surface area contributed by atoms with Crippen molar-refractivity contribution in [3.63, 3.8) is 0 Å². The van der Waals surface area contributed by atoms with E-state index in [1.54, 1.807) is 12.1 Å². The van der Waals surface area contributed by atoms with Crippen LogP contribution in [0.4, 0.5) is 4.39 Å². The van der Waals surface area contributed by atoms with E-state index in [-0.39, 0.29) is 5.82 Å². The van der Waals surface area contributed by atoms with Gasteiger partial charge in [-0.05, 0) is 44.0 Å². The Bertz CT molecular complexity index is 447. The molecule has 98 valence electrons. The molecule has 0 aromatic heterocycles. The molecule has 2 rings (SSSR count). The first-order valence-corrected chi connectivity index (χ1v) is 6.85. The van der Waals surface area contributed by atoms with Crippen LogP contribution in [0.1, 0.15) is 37.3 Å². The van der Waals surface area contributed by atoms with Crippen molar-refractivity contribution in [2.24, 2.45) is 5.73 Å². The smallest absolute Gasteiger partial charge is 0.127 e. The fourth-order valence-electron chi connectivity index (χ4n) is 2.63. The minimum absolute atomic E-state index is 0.170. The van der Waals surface area contributed by atoms with Crippen LogP contribution in [-0.4, -0.2) is 22.5 Å². The Morgan fingerprint density at radius 3 is 3.00 bits per heavy atom. The maximum Gasteiger partial charge on any atom is 0.127 e. The lowest BCUT2D eigenvalue weighted by Gasteiger charge is -2.23. The van der Waals surface area contributed by atoms with E-state index in [2.05, 4.69) is 11.8 Å². The Kier molecular flexibility index (Phi) is 4.30. The van der Waals surface area contributed by atoms with Crippen LogP contribution >= 0.6 is 12.2 Å². The Labute approximate surface area is 113 Å². The van der Waals surface area contributed by atoms with Crippen LogP contribution in [-0.2, 0) is 6.54 Å². The maximum atomic E-state index is 13.8. The van der Waals surface area contributed by atoms with E-state index in [1.807, 2.05) is 0 Å². The molecule has 0 spiro atoms. The molecule has 1 unspecified atom stereocenters. The normalized spacial score (nSPS) is 20.2. The van der Waals surface area contributed by atoms with Gasteiger partial charge in [-0.25, -0.2) is 4.39 Å². The molecule has 1 aromatic rings. The molecule has 2 N–H and O–H groups in total. The van der Waals surface area contributed by atoms with Gasteiger partial charge in [-0.3, -0.25) is 4.90 Å². The predicted molar refractivity (Wildman–Crippen MR) is 76.0 cm³/mol. The third kappa shape index (κ3) is 2.87. The van der Waals surface area contributed by atoms with Gasteiger partial charge in [0.2, 0.25) is 0 Å². The maximum absolute atomic E-state index is 13.8. The Balaban J connectivity index is 2.17. The van der Waals surface area contributed by atoms with E-state index < -0.39 is 0 Å². The standard InChI is InChI=1S/C14H19FN2S/c1-2-12-4-3-7-17(12)9-11-8-10(14(16)18)5-6-13(11)15/h5-6,8,12H,2-4,7,9H2,1H3,(H2,16,18). The van der Waals surface area contributed by atoms with E-state index in [0.717, 1.165) is 18.5 Å². The van der Waals surface area contributed by atoms with Gasteiger partial charge < -0.3 is 5.73 Å². The van der Waals surface area contributed by atoms with Crippen LogP contribution in [0.15, 0.2) is 18.2 Å². The summed E-state index contributed by atoms with van der Waals surface area (Å²) in [4.78, 5) is 2.67. The molecular weight excluding hydrogens is 247 g/mol. The van der Waals surface area contributed by atoms with E-state index in [4.69, 9.17) is 18.0 Å². The molecular formula is C14H19FN2S. The number of thiocarbonyl (C=S) groups is 1. The van der Waals surface area contributed by atoms with Crippen molar-refractivity contribution >= 4 is 17.2 Å². The molecule has 1 atom stereocenters. The van der Waals surface area contributed by atoms with Gasteiger partial charge in [0.25, 0.3) is 0 Å². The van der Waals surface area contributed by atoms with Crippen LogP contribution in [0.2, 0.25) is 0 Å². The minimum Gasteiger partial charge on any atom is -0.389 e. The summed E-state index contributed by atoms with van der Waals surface area (Å²) >= 11 is 4.94. The number of halogens is 1. The fraction of sp³-hybridized carbons (Fsp3) is 0.500. The summed E-state index contributed by atoms with van der Waals surface area (Å²) in [7, 11) is 0. The Morgan fingerprint density at radius 2 is 2.33 bits per heavy atom. The average Bonchev–Trinajstić information content (AvgIpc) is 2.79. The lowest BCUT2D eigenvalue weighted by molar-refractivity contribution is 0.237. The van der Waals surface area contributed by atoms with Crippen LogP contribution in [0.5, 0.6) is 0 Å². The molecule has 4 heteroatoms. The monoisotopic (exact) mass is 266 g/mol. The van der Waals surface area contributed by atoms with Crippen molar-refractivity contribution in [3.8, 4) is 0 Å². The number of nitrogens with zero attached hydrogens (tertiary/aromatic N) is 1. The first-order valence-electron chi connectivity index (χ1n) is 6.44. The highest BCUT2D eigenvalue weighted by molar-refractivity contribution is 7.80. The van der Waals surface area contributed by atoms with Crippen LogP contribution in [0.25, 0.3) is 0 Å². The number of benzene rings is 1. The number of hydrogen-bond donors (Lipinski definition) is 1. The SMILES string of the molecule is CCC1CCCN1Cc1cc(C(N)=S)ccc1F. The number of rotatable bonds is 4. The van der Waals surface area contributed by atoms with Crippen LogP contribution < -0.4 is 5.73 Å². The molecule has 1 fully saturated rings. The van der Waals surface area contributed by atoms with E-state index in [0.29, 0.717) is 23.1 Å². The zero-order chi connectivity index (χ0) is 13.1. The summed E-state index contributed by atoms with van der Waals surface area (Å²) < 4.78 is 13.8. The van der Waals surface area contributed by atoms with Gasteiger partial charge in [0.15, 0.2) is 0 Å². The Morgan fingerprint density at radius 1 is 1.56 bits per heavy atom. The van der Waals surface area contributed by atoms with Gasteiger partial charge in [-0.15, -0.1) is 0 Å². The first kappa shape index (κ1) is 13.4. The van der Waals surface area contributed by atoms with Gasteiger partial charge in [0, 0.05) is 23.7 Å². The summed E-state index contributed by atoms with van der Waals surface area (Å²) in [6.45, 7) is 3.89. The van der Waals surface area contributed by atoms with Crippen molar-refractivity contribution < 1.29 is 4.39 Å². The summed E-state index contributed by atoms with van der Waals surface area (Å²) in [5.74, 6) is -0.170. The molecule has 0 aliphatic carbocycles. The molecule has 0 amide bonds. The van der Waals surface area contributed by atoms with Gasteiger partial charge in [0.1, 0.15) is 10.8 Å². The highest BCUT2D eigenvalue weighted by atomic mass is 32.1. The second kappa shape index (κ2) is 5.76. The van der Waals surface area contributed by atoms with Crippen molar-refractivity contribution in [1.29, 1.82) is 0 Å². The molecule has 1 heterocycles. The minimum atomic E-state index is -0.170. The van der Waals surface area contributed by atoms with Crippen molar-refractivity contribution in [2.45, 2.75) is 38.8 Å². The summed E-state index contributed by atoms with van der Waals surface area (Å²) in [5.41, 5.74) is 7.03. The van der Waals surface area contributed by atoms with Gasteiger partial charge in [-0.1, -0.05) is 19.1 Å². The molecule has 2 nitrogen and oxygen atoms in total. The molecule has 1 aliphatic heterocycles. The predicted octanol–water partition coefficient (Wildman–Crippen LogP) is 2.83. The molecule has 1 aromatic carbocycles. The second-order valence-corrected chi connectivity index (χ2v) is 5.29. The van der Waals surface area contributed by atoms with Gasteiger partial charge in [-0.2, -0.15) is 0 Å². The molecule has 18 heavy (non-hydrogen) atoms. The zero-order valence-electron chi connectivity index (χ0n) is 10.7. The average molecular weight is 266 g/mol. The third-order valence-electron chi connectivity index (χ3n) is 3.67. The zero-order valence-corrected chi connectivity index (χ0v) is 11.5. The highest BCUT2D eigenvalue weighted by Crippen LogP contribution is 2.23. The van der Waals surface area contributed by atoms with E-state index in [1.165, 1.54) is 18.9 Å². The third-order valence-corrected chi connectivity index (χ3v) is 3.91. The van der Waals surface area contributed by atoms with Crippen LogP contribution in [0.3, 0.4) is 0 Å². The Hall–Kier alpha value is -1.00. The number of hydrogen-bond acceptors (Lipinski definition) is 2. The highest BCUT2D eigenvalue weighted by Gasteiger charge is 2.23. The molecule has 1 saturated heterocycles. The van der Waals surface area contributed by atoms with Crippen molar-refractivity contribution in [3.05, 3.63) is 35.1 Å². The quantitative estimate of drug-likeness (QED) is 0.850. The van der Waals surface area contributed by atoms with Crippen molar-refractivity contribution in [1.82, 2.24) is 4.90 Å². The molecule has 0 radical (unpaired) electrons. The van der Waals surface area contributed by atoms with Gasteiger partial charge >= 0.3 is 0 Å². The number of likely N-dealkylation sites (tertiary alicyclic amines) is 1. The molecule has 1 aliphatic rings. The number of nitrogens with two attached hydrogens (primary N) is 1. The largest absolute Gasteiger partial charge is 0.389 e. The lowest BCUT2D eigenvalue weighted by atomic mass is 10.1. The van der Waals surface area contributed by atoms with E-state index in [9.17, 15) is 4.39 Å². The summed E-state index contributed by atoms with van der Waals surface area (Å²) in [6, 6.07) is 5.46. The molecule has 0 saturated carbocycles. The first-order chi connectivity index (χ1) is 8.61. The summed E-state index contributed by atoms with van der Waals surface area (Å²) in [6.07, 6.45) is 3.54. The second-order valence-electron chi connectivity index (χ2n) is 4.85. The fourth-order valence-corrected chi connectivity index (χ4v) is 2.76. The van der Waals surface area contributed by atoms with Crippen molar-refractivity contribution in [2.75, 3.05) is 6.54 Å². The van der Waals surface area contributed by atoms with Crippen LogP contribution in [0, 0.1) is 5.82 Å². The molecule has 0 bridgehead atoms. The topological polar surface area (TPSA) is 29.3 Å². The summed E-state index contributed by atoms with van der Waals surface area (Å²) in [5, 5.41) is 0. The van der Waals surface area contributed by atoms with E-state index >= 15 is 0 Å².